The fourth-order valence-corrected chi connectivity index (χ4v) is 2.28. The van der Waals surface area contributed by atoms with Crippen LogP contribution in [0.15, 0.2) is 51.5 Å². The van der Waals surface area contributed by atoms with Gasteiger partial charge < -0.3 is 10.3 Å². The molecule has 0 amide bonds. The van der Waals surface area contributed by atoms with Crippen molar-refractivity contribution in [1.82, 2.24) is 5.16 Å². The maximum absolute atomic E-state index is 5.79. The molecule has 2 N–H and O–H groups in total. The van der Waals surface area contributed by atoms with Crippen molar-refractivity contribution in [2.45, 2.75) is 0 Å². The van der Waals surface area contributed by atoms with Crippen LogP contribution in [-0.4, -0.2) is 5.16 Å². The van der Waals surface area contributed by atoms with Crippen molar-refractivity contribution in [1.29, 1.82) is 0 Å². The molecule has 0 aliphatic heterocycles. The Morgan fingerprint density at radius 1 is 1.12 bits per heavy atom. The molecule has 0 atom stereocenters. The third-order valence-corrected chi connectivity index (χ3v) is 3.31. The second-order valence-electron chi connectivity index (χ2n) is 3.77. The minimum atomic E-state index is 0.703. The van der Waals surface area contributed by atoms with Gasteiger partial charge in [0.15, 0.2) is 5.58 Å². The lowest BCUT2D eigenvalue weighted by Gasteiger charge is -2.00. The van der Waals surface area contributed by atoms with Crippen LogP contribution in [0.5, 0.6) is 0 Å². The Kier molecular flexibility index (Phi) is 2.37. The summed E-state index contributed by atoms with van der Waals surface area (Å²) in [5, 5.41) is 5.03. The average molecular weight is 289 g/mol. The summed E-state index contributed by atoms with van der Waals surface area (Å²) in [6, 6.07) is 13.4. The quantitative estimate of drug-likeness (QED) is 0.692. The van der Waals surface area contributed by atoms with E-state index in [4.69, 9.17) is 10.3 Å². The Balaban J connectivity index is 2.31. The molecule has 0 unspecified atom stereocenters. The highest BCUT2D eigenvalue weighted by atomic mass is 79.9. The number of hydrogen-bond donors (Lipinski definition) is 1. The number of anilines is 1. The molecule has 0 saturated heterocycles. The molecule has 0 saturated carbocycles. The Labute approximate surface area is 106 Å². The number of hydrogen-bond acceptors (Lipinski definition) is 3. The molecule has 0 aliphatic rings. The van der Waals surface area contributed by atoms with Gasteiger partial charge in [0.25, 0.3) is 0 Å². The number of halogens is 1. The number of nitrogens with two attached hydrogens (primary N) is 1. The predicted molar refractivity (Wildman–Crippen MR) is 71.6 cm³/mol. The fourth-order valence-electron chi connectivity index (χ4n) is 1.80. The topological polar surface area (TPSA) is 52.0 Å². The maximum Gasteiger partial charge on any atom is 0.167 e. The van der Waals surface area contributed by atoms with E-state index >= 15 is 0 Å². The van der Waals surface area contributed by atoms with Crippen LogP contribution in [0.25, 0.3) is 22.2 Å². The largest absolute Gasteiger partial charge is 0.399 e. The molecule has 0 aliphatic carbocycles. The number of aromatic nitrogens is 1. The van der Waals surface area contributed by atoms with Crippen molar-refractivity contribution in [3.8, 4) is 11.3 Å². The van der Waals surface area contributed by atoms with Crippen molar-refractivity contribution in [2.24, 2.45) is 0 Å². The molecule has 0 fully saturated rings. The predicted octanol–water partition coefficient (Wildman–Crippen LogP) is 3.84. The molecule has 4 heteroatoms. The van der Waals surface area contributed by atoms with Gasteiger partial charge in [-0.05, 0) is 24.3 Å². The van der Waals surface area contributed by atoms with Gasteiger partial charge in [0.2, 0.25) is 0 Å². The van der Waals surface area contributed by atoms with E-state index in [1.807, 2.05) is 36.4 Å². The molecule has 0 bridgehead atoms. The van der Waals surface area contributed by atoms with Gasteiger partial charge >= 0.3 is 0 Å². The maximum atomic E-state index is 5.79. The first-order valence-corrected chi connectivity index (χ1v) is 5.95. The minimum absolute atomic E-state index is 0.703. The standard InChI is InChI=1S/C13H9BrN2O/c14-11-4-2-1-3-9(11)13-10-7-8(15)5-6-12(10)17-16-13/h1-7H,15H2. The number of rotatable bonds is 1. The van der Waals surface area contributed by atoms with Crippen LogP contribution in [0, 0.1) is 0 Å². The van der Waals surface area contributed by atoms with Crippen molar-refractivity contribution >= 4 is 32.6 Å². The first kappa shape index (κ1) is 10.4. The molecule has 1 aromatic heterocycles. The van der Waals surface area contributed by atoms with Gasteiger partial charge in [0.05, 0.1) is 5.39 Å². The molecule has 17 heavy (non-hydrogen) atoms. The molecule has 2 aromatic carbocycles. The van der Waals surface area contributed by atoms with Crippen LogP contribution in [0.4, 0.5) is 5.69 Å². The van der Waals surface area contributed by atoms with Crippen molar-refractivity contribution < 1.29 is 4.52 Å². The Hall–Kier alpha value is -1.81. The SMILES string of the molecule is Nc1ccc2onc(-c3ccccc3Br)c2c1. The number of benzene rings is 2. The van der Waals surface area contributed by atoms with Crippen LogP contribution in [0.3, 0.4) is 0 Å². The highest BCUT2D eigenvalue weighted by Crippen LogP contribution is 2.33. The van der Waals surface area contributed by atoms with Gasteiger partial charge in [-0.3, -0.25) is 0 Å². The van der Waals surface area contributed by atoms with E-state index in [-0.39, 0.29) is 0 Å². The van der Waals surface area contributed by atoms with Crippen molar-refractivity contribution in [3.63, 3.8) is 0 Å². The molecule has 84 valence electrons. The zero-order chi connectivity index (χ0) is 11.8. The first-order valence-electron chi connectivity index (χ1n) is 5.15. The van der Waals surface area contributed by atoms with E-state index < -0.39 is 0 Å². The molecule has 3 rings (SSSR count). The van der Waals surface area contributed by atoms with Crippen LogP contribution < -0.4 is 5.73 Å². The Bertz CT molecular complexity index is 691. The average Bonchev–Trinajstić information content (AvgIpc) is 2.72. The van der Waals surface area contributed by atoms with Gasteiger partial charge in [0.1, 0.15) is 5.69 Å². The van der Waals surface area contributed by atoms with Crippen molar-refractivity contribution in [3.05, 3.63) is 46.9 Å². The second kappa shape index (κ2) is 3.89. The summed E-state index contributed by atoms with van der Waals surface area (Å²) in [7, 11) is 0. The van der Waals surface area contributed by atoms with Crippen LogP contribution in [0.1, 0.15) is 0 Å². The first-order chi connectivity index (χ1) is 8.25. The summed E-state index contributed by atoms with van der Waals surface area (Å²) in [6.45, 7) is 0. The zero-order valence-electron chi connectivity index (χ0n) is 8.85. The zero-order valence-corrected chi connectivity index (χ0v) is 10.4. The van der Waals surface area contributed by atoms with Gasteiger partial charge in [-0.25, -0.2) is 0 Å². The molecule has 0 radical (unpaired) electrons. The molecular weight excluding hydrogens is 280 g/mol. The monoisotopic (exact) mass is 288 g/mol. The van der Waals surface area contributed by atoms with E-state index in [2.05, 4.69) is 21.1 Å². The third-order valence-electron chi connectivity index (χ3n) is 2.62. The molecule has 0 spiro atoms. The van der Waals surface area contributed by atoms with E-state index in [9.17, 15) is 0 Å². The summed E-state index contributed by atoms with van der Waals surface area (Å²) < 4.78 is 6.27. The van der Waals surface area contributed by atoms with Gasteiger partial charge in [0, 0.05) is 15.7 Å². The highest BCUT2D eigenvalue weighted by Gasteiger charge is 2.12. The second-order valence-corrected chi connectivity index (χ2v) is 4.62. The summed E-state index contributed by atoms with van der Waals surface area (Å²) >= 11 is 3.51. The molecule has 1 heterocycles. The van der Waals surface area contributed by atoms with E-state index in [1.54, 1.807) is 6.07 Å². The number of nitrogen functional groups attached to an aromatic ring is 1. The fraction of sp³-hybridized carbons (Fsp3) is 0. The third kappa shape index (κ3) is 1.70. The van der Waals surface area contributed by atoms with Crippen LogP contribution in [0.2, 0.25) is 0 Å². The van der Waals surface area contributed by atoms with Gasteiger partial charge in [-0.1, -0.05) is 39.3 Å². The Morgan fingerprint density at radius 2 is 1.94 bits per heavy atom. The Morgan fingerprint density at radius 3 is 2.76 bits per heavy atom. The lowest BCUT2D eigenvalue weighted by atomic mass is 10.1. The van der Waals surface area contributed by atoms with Gasteiger partial charge in [-0.15, -0.1) is 0 Å². The summed E-state index contributed by atoms with van der Waals surface area (Å²) in [6.07, 6.45) is 0. The molecule has 3 nitrogen and oxygen atoms in total. The molecular formula is C13H9BrN2O. The van der Waals surface area contributed by atoms with Gasteiger partial charge in [-0.2, -0.15) is 0 Å². The van der Waals surface area contributed by atoms with Crippen LogP contribution >= 0.6 is 15.9 Å². The number of nitrogens with zero attached hydrogens (tertiary/aromatic N) is 1. The number of fused-ring (bicyclic) bond motifs is 1. The lowest BCUT2D eigenvalue weighted by molar-refractivity contribution is 0.459. The summed E-state index contributed by atoms with van der Waals surface area (Å²) in [4.78, 5) is 0. The lowest BCUT2D eigenvalue weighted by Crippen LogP contribution is -1.84. The minimum Gasteiger partial charge on any atom is -0.399 e. The molecule has 3 aromatic rings. The van der Waals surface area contributed by atoms with E-state index in [1.165, 1.54) is 0 Å². The van der Waals surface area contributed by atoms with Crippen LogP contribution in [-0.2, 0) is 0 Å². The smallest absolute Gasteiger partial charge is 0.167 e. The van der Waals surface area contributed by atoms with E-state index in [0.717, 1.165) is 26.7 Å². The normalized spacial score (nSPS) is 10.9. The summed E-state index contributed by atoms with van der Waals surface area (Å²) in [5.41, 5.74) is 9.03. The van der Waals surface area contributed by atoms with E-state index in [0.29, 0.717) is 5.69 Å². The van der Waals surface area contributed by atoms with Crippen molar-refractivity contribution in [2.75, 3.05) is 5.73 Å². The highest BCUT2D eigenvalue weighted by molar-refractivity contribution is 9.10. The summed E-state index contributed by atoms with van der Waals surface area (Å²) in [5.74, 6) is 0.